The lowest BCUT2D eigenvalue weighted by Gasteiger charge is -2.34. The number of hydrogen-bond acceptors (Lipinski definition) is 6. The van der Waals surface area contributed by atoms with E-state index in [0.29, 0.717) is 23.1 Å². The topological polar surface area (TPSA) is 70.7 Å². The molecule has 0 saturated carbocycles. The molecular formula is C19H26N4O3. The maximum absolute atomic E-state index is 12.1. The molecule has 0 spiro atoms. The van der Waals surface area contributed by atoms with Gasteiger partial charge in [-0.25, -0.2) is 4.98 Å². The van der Waals surface area contributed by atoms with Gasteiger partial charge >= 0.3 is 0 Å². The van der Waals surface area contributed by atoms with Gasteiger partial charge in [0.05, 0.1) is 12.8 Å². The number of nitrogens with zero attached hydrogens (tertiary/aromatic N) is 3. The number of aromatic amines is 1. The lowest BCUT2D eigenvalue weighted by Crippen LogP contribution is -2.47. The normalized spacial score (nSPS) is 16.3. The minimum atomic E-state index is -0.371. The number of para-hydroxylation sites is 2. The summed E-state index contributed by atoms with van der Waals surface area (Å²) in [7, 11) is 1.60. The van der Waals surface area contributed by atoms with Crippen molar-refractivity contribution < 1.29 is 9.47 Å². The molecule has 2 heterocycles. The quantitative estimate of drug-likeness (QED) is 0.852. The number of H-pyrrole nitrogens is 1. The second kappa shape index (κ2) is 8.23. The molecule has 1 saturated heterocycles. The highest BCUT2D eigenvalue weighted by atomic mass is 16.5. The van der Waals surface area contributed by atoms with E-state index in [9.17, 15) is 4.79 Å². The molecule has 1 aromatic carbocycles. The first-order valence-corrected chi connectivity index (χ1v) is 8.99. The summed E-state index contributed by atoms with van der Waals surface area (Å²) in [6.07, 6.45) is -0.371. The molecule has 1 atom stereocenters. The fourth-order valence-electron chi connectivity index (χ4n) is 3.06. The number of hydrogen-bond donors (Lipinski definition) is 1. The fraction of sp³-hybridized carbons (Fsp3) is 0.474. The Balaban J connectivity index is 1.78. The van der Waals surface area contributed by atoms with E-state index in [-0.39, 0.29) is 11.7 Å². The summed E-state index contributed by atoms with van der Waals surface area (Å²) in [5, 5.41) is 0. The zero-order valence-electron chi connectivity index (χ0n) is 15.6. The largest absolute Gasteiger partial charge is 0.493 e. The van der Waals surface area contributed by atoms with Crippen molar-refractivity contribution in [3.63, 3.8) is 0 Å². The Morgan fingerprint density at radius 1 is 1.19 bits per heavy atom. The highest BCUT2D eigenvalue weighted by Crippen LogP contribution is 2.30. The second-order valence-electron chi connectivity index (χ2n) is 6.33. The van der Waals surface area contributed by atoms with Gasteiger partial charge in [-0.05, 0) is 25.6 Å². The highest BCUT2D eigenvalue weighted by Gasteiger charge is 2.20. The van der Waals surface area contributed by atoms with Gasteiger partial charge in [0.15, 0.2) is 11.5 Å². The van der Waals surface area contributed by atoms with Crippen molar-refractivity contribution >= 4 is 5.95 Å². The van der Waals surface area contributed by atoms with Crippen LogP contribution in [0.5, 0.6) is 11.5 Å². The van der Waals surface area contributed by atoms with E-state index in [1.165, 1.54) is 6.07 Å². The average molecular weight is 358 g/mol. The third-order valence-electron chi connectivity index (χ3n) is 4.66. The van der Waals surface area contributed by atoms with E-state index in [4.69, 9.17) is 9.47 Å². The lowest BCUT2D eigenvalue weighted by atomic mass is 10.2. The van der Waals surface area contributed by atoms with Gasteiger partial charge in [-0.1, -0.05) is 19.1 Å². The molecule has 0 bridgehead atoms. The zero-order valence-corrected chi connectivity index (χ0v) is 15.6. The molecule has 7 nitrogen and oxygen atoms in total. The summed E-state index contributed by atoms with van der Waals surface area (Å²) in [6, 6.07) is 8.94. The Morgan fingerprint density at radius 3 is 2.54 bits per heavy atom. The minimum Gasteiger partial charge on any atom is -0.493 e. The van der Waals surface area contributed by atoms with Crippen LogP contribution in [-0.2, 0) is 0 Å². The van der Waals surface area contributed by atoms with E-state index in [0.717, 1.165) is 32.7 Å². The van der Waals surface area contributed by atoms with Crippen molar-refractivity contribution in [2.24, 2.45) is 0 Å². The third kappa shape index (κ3) is 4.16. The Hall–Kier alpha value is -2.54. The smallest absolute Gasteiger partial charge is 0.252 e. The molecule has 0 amide bonds. The lowest BCUT2D eigenvalue weighted by molar-refractivity contribution is 0.211. The van der Waals surface area contributed by atoms with Crippen molar-refractivity contribution in [3.05, 3.63) is 46.4 Å². The number of anilines is 1. The zero-order chi connectivity index (χ0) is 18.5. The van der Waals surface area contributed by atoms with Crippen molar-refractivity contribution in [2.75, 3.05) is 44.7 Å². The van der Waals surface area contributed by atoms with Crippen LogP contribution in [0.3, 0.4) is 0 Å². The summed E-state index contributed by atoms with van der Waals surface area (Å²) in [5.74, 6) is 1.89. The molecule has 1 fully saturated rings. The summed E-state index contributed by atoms with van der Waals surface area (Å²) in [6.45, 7) is 8.72. The summed E-state index contributed by atoms with van der Waals surface area (Å²) in [4.78, 5) is 24.1. The van der Waals surface area contributed by atoms with Crippen LogP contribution >= 0.6 is 0 Å². The van der Waals surface area contributed by atoms with Gasteiger partial charge in [0, 0.05) is 32.2 Å². The molecule has 26 heavy (non-hydrogen) atoms. The van der Waals surface area contributed by atoms with Crippen LogP contribution in [0.1, 0.15) is 25.6 Å². The van der Waals surface area contributed by atoms with Crippen LogP contribution in [0.4, 0.5) is 5.95 Å². The molecule has 2 aromatic rings. The fourth-order valence-corrected chi connectivity index (χ4v) is 3.06. The van der Waals surface area contributed by atoms with E-state index in [1.807, 2.05) is 31.2 Å². The standard InChI is InChI=1S/C19H26N4O3/c1-4-22-9-11-23(12-10-22)19-20-15(13-18(24)21-19)14(2)26-17-8-6-5-7-16(17)25-3/h5-8,13-14H,4,9-12H2,1-3H3,(H,20,21,24). The first kappa shape index (κ1) is 18.3. The van der Waals surface area contributed by atoms with E-state index in [2.05, 4.69) is 26.7 Å². The molecule has 0 aliphatic carbocycles. The van der Waals surface area contributed by atoms with Crippen LogP contribution < -0.4 is 19.9 Å². The van der Waals surface area contributed by atoms with Gasteiger partial charge < -0.3 is 19.3 Å². The van der Waals surface area contributed by atoms with Crippen molar-refractivity contribution in [2.45, 2.75) is 20.0 Å². The summed E-state index contributed by atoms with van der Waals surface area (Å²) < 4.78 is 11.3. The molecule has 1 aliphatic heterocycles. The summed E-state index contributed by atoms with van der Waals surface area (Å²) in [5.41, 5.74) is 0.436. The average Bonchev–Trinajstić information content (AvgIpc) is 2.68. The SMILES string of the molecule is CCN1CCN(c2nc(C(C)Oc3ccccc3OC)cc(=O)[nH]2)CC1. The van der Waals surface area contributed by atoms with Crippen LogP contribution in [0.2, 0.25) is 0 Å². The van der Waals surface area contributed by atoms with E-state index in [1.54, 1.807) is 7.11 Å². The van der Waals surface area contributed by atoms with Crippen LogP contribution in [0, 0.1) is 0 Å². The number of ether oxygens (including phenoxy) is 2. The van der Waals surface area contributed by atoms with Crippen molar-refractivity contribution in [1.29, 1.82) is 0 Å². The third-order valence-corrected chi connectivity index (χ3v) is 4.66. The van der Waals surface area contributed by atoms with Crippen LogP contribution in [0.15, 0.2) is 35.1 Å². The van der Waals surface area contributed by atoms with Gasteiger partial charge in [0.25, 0.3) is 5.56 Å². The molecule has 3 rings (SSSR count). The first-order chi connectivity index (χ1) is 12.6. The number of piperazine rings is 1. The Labute approximate surface area is 153 Å². The van der Waals surface area contributed by atoms with Gasteiger partial charge in [-0.2, -0.15) is 0 Å². The van der Waals surface area contributed by atoms with E-state index >= 15 is 0 Å². The van der Waals surface area contributed by atoms with Gasteiger partial charge in [0.1, 0.15) is 6.10 Å². The number of methoxy groups -OCH3 is 1. The maximum Gasteiger partial charge on any atom is 0.252 e. The highest BCUT2D eigenvalue weighted by molar-refractivity contribution is 5.40. The number of likely N-dealkylation sites (N-methyl/N-ethyl adjacent to an activating group) is 1. The Kier molecular flexibility index (Phi) is 5.78. The maximum atomic E-state index is 12.1. The molecule has 7 heteroatoms. The molecule has 1 unspecified atom stereocenters. The van der Waals surface area contributed by atoms with Crippen molar-refractivity contribution in [1.82, 2.24) is 14.9 Å². The number of rotatable bonds is 6. The molecular weight excluding hydrogens is 332 g/mol. The minimum absolute atomic E-state index is 0.168. The molecule has 1 aromatic heterocycles. The van der Waals surface area contributed by atoms with E-state index < -0.39 is 0 Å². The Bertz CT molecular complexity index is 784. The Morgan fingerprint density at radius 2 is 1.88 bits per heavy atom. The van der Waals surface area contributed by atoms with Crippen molar-refractivity contribution in [3.8, 4) is 11.5 Å². The summed E-state index contributed by atoms with van der Waals surface area (Å²) >= 11 is 0. The van der Waals surface area contributed by atoms with Gasteiger partial charge in [0.2, 0.25) is 5.95 Å². The van der Waals surface area contributed by atoms with Gasteiger partial charge in [-0.3, -0.25) is 9.78 Å². The first-order valence-electron chi connectivity index (χ1n) is 8.99. The molecule has 140 valence electrons. The molecule has 0 radical (unpaired) electrons. The monoisotopic (exact) mass is 358 g/mol. The van der Waals surface area contributed by atoms with Crippen LogP contribution in [-0.4, -0.2) is 54.7 Å². The van der Waals surface area contributed by atoms with Crippen LogP contribution in [0.25, 0.3) is 0 Å². The number of aromatic nitrogens is 2. The predicted octanol–water partition coefficient (Wildman–Crippen LogP) is 2.06. The second-order valence-corrected chi connectivity index (χ2v) is 6.33. The molecule has 1 aliphatic rings. The predicted molar refractivity (Wildman–Crippen MR) is 101 cm³/mol. The number of nitrogens with one attached hydrogen (secondary N) is 1. The number of benzene rings is 1. The molecule has 1 N–H and O–H groups in total. The van der Waals surface area contributed by atoms with Gasteiger partial charge in [-0.15, -0.1) is 0 Å².